The predicted octanol–water partition coefficient (Wildman–Crippen LogP) is 0.260. The van der Waals surface area contributed by atoms with Gasteiger partial charge in [-0.1, -0.05) is 0 Å². The van der Waals surface area contributed by atoms with Crippen molar-refractivity contribution in [1.29, 1.82) is 0 Å². The topological polar surface area (TPSA) is 78.8 Å². The van der Waals surface area contributed by atoms with Gasteiger partial charge in [0.1, 0.15) is 18.4 Å². The molecule has 1 aromatic heterocycles. The van der Waals surface area contributed by atoms with Gasteiger partial charge in [0.2, 0.25) is 0 Å². The number of imide groups is 1. The number of rotatable bonds is 3. The number of anilines is 1. The molecule has 3 heterocycles. The third-order valence-electron chi connectivity index (χ3n) is 4.76. The molecule has 0 aromatic carbocycles. The second kappa shape index (κ2) is 4.81. The quantitative estimate of drug-likeness (QED) is 0.749. The van der Waals surface area contributed by atoms with Crippen LogP contribution in [0.1, 0.15) is 25.0 Å². The fourth-order valence-electron chi connectivity index (χ4n) is 3.49. The molecular formula is C15H19N5O3. The van der Waals surface area contributed by atoms with Gasteiger partial charge >= 0.3 is 6.03 Å². The number of urea groups is 1. The zero-order valence-electron chi connectivity index (χ0n) is 13.2. The van der Waals surface area contributed by atoms with Crippen LogP contribution in [-0.2, 0) is 16.6 Å². The van der Waals surface area contributed by atoms with E-state index in [2.05, 4.69) is 5.10 Å². The first kappa shape index (κ1) is 14.2. The Labute approximate surface area is 133 Å². The predicted molar refractivity (Wildman–Crippen MR) is 80.7 cm³/mol. The van der Waals surface area contributed by atoms with Crippen molar-refractivity contribution in [2.24, 2.45) is 7.05 Å². The molecule has 2 saturated heterocycles. The maximum absolute atomic E-state index is 12.8. The third-order valence-corrected chi connectivity index (χ3v) is 4.76. The van der Waals surface area contributed by atoms with Crippen LogP contribution in [0.5, 0.6) is 0 Å². The van der Waals surface area contributed by atoms with Gasteiger partial charge in [-0.15, -0.1) is 0 Å². The monoisotopic (exact) mass is 317 g/mol. The molecule has 1 aliphatic carbocycles. The van der Waals surface area contributed by atoms with Crippen LogP contribution in [0.25, 0.3) is 0 Å². The van der Waals surface area contributed by atoms with Gasteiger partial charge in [-0.05, 0) is 26.2 Å². The van der Waals surface area contributed by atoms with Gasteiger partial charge in [-0.3, -0.25) is 19.2 Å². The SMILES string of the molecule is Cc1cc(N2CCC(N3C(=O)CN(C4CC4)C3=O)C2=O)n(C)n1. The van der Waals surface area contributed by atoms with Crippen molar-refractivity contribution in [3.05, 3.63) is 11.8 Å². The van der Waals surface area contributed by atoms with Crippen molar-refractivity contribution >= 4 is 23.7 Å². The highest BCUT2D eigenvalue weighted by atomic mass is 16.2. The minimum absolute atomic E-state index is 0.109. The largest absolute Gasteiger partial charge is 0.328 e. The van der Waals surface area contributed by atoms with E-state index in [-0.39, 0.29) is 30.4 Å². The summed E-state index contributed by atoms with van der Waals surface area (Å²) < 4.78 is 1.65. The first-order chi connectivity index (χ1) is 11.0. The van der Waals surface area contributed by atoms with Crippen molar-refractivity contribution in [1.82, 2.24) is 19.6 Å². The smallest absolute Gasteiger partial charge is 0.312 e. The lowest BCUT2D eigenvalue weighted by atomic mass is 10.2. The molecular weight excluding hydrogens is 298 g/mol. The summed E-state index contributed by atoms with van der Waals surface area (Å²) in [6.07, 6.45) is 2.37. The molecule has 122 valence electrons. The first-order valence-corrected chi connectivity index (χ1v) is 7.92. The molecule has 0 bridgehead atoms. The van der Waals surface area contributed by atoms with Crippen molar-refractivity contribution in [2.75, 3.05) is 18.0 Å². The molecule has 3 aliphatic rings. The Morgan fingerprint density at radius 3 is 2.52 bits per heavy atom. The molecule has 1 aromatic rings. The highest BCUT2D eigenvalue weighted by Crippen LogP contribution is 2.33. The Morgan fingerprint density at radius 1 is 1.17 bits per heavy atom. The van der Waals surface area contributed by atoms with Crippen molar-refractivity contribution < 1.29 is 14.4 Å². The number of aromatic nitrogens is 2. The normalized spacial score (nSPS) is 25.2. The molecule has 4 amide bonds. The fraction of sp³-hybridized carbons (Fsp3) is 0.600. The lowest BCUT2D eigenvalue weighted by Crippen LogP contribution is -2.46. The van der Waals surface area contributed by atoms with Crippen LogP contribution in [0.3, 0.4) is 0 Å². The van der Waals surface area contributed by atoms with Gasteiger partial charge in [0, 0.05) is 25.7 Å². The summed E-state index contributed by atoms with van der Waals surface area (Å²) in [5.74, 6) is 0.240. The average Bonchev–Trinajstić information content (AvgIpc) is 3.11. The van der Waals surface area contributed by atoms with Crippen LogP contribution in [-0.4, -0.2) is 62.6 Å². The van der Waals surface area contributed by atoms with E-state index in [4.69, 9.17) is 0 Å². The van der Waals surface area contributed by atoms with Crippen LogP contribution in [0, 0.1) is 6.92 Å². The number of hydrogen-bond acceptors (Lipinski definition) is 4. The van der Waals surface area contributed by atoms with E-state index in [1.807, 2.05) is 13.0 Å². The maximum Gasteiger partial charge on any atom is 0.328 e. The van der Waals surface area contributed by atoms with E-state index < -0.39 is 6.04 Å². The Balaban J connectivity index is 1.57. The molecule has 4 rings (SSSR count). The number of aryl methyl sites for hydroxylation is 2. The molecule has 1 unspecified atom stereocenters. The number of hydrogen-bond donors (Lipinski definition) is 0. The number of nitrogens with zero attached hydrogens (tertiary/aromatic N) is 5. The Morgan fingerprint density at radius 2 is 1.91 bits per heavy atom. The molecule has 3 fully saturated rings. The first-order valence-electron chi connectivity index (χ1n) is 7.92. The average molecular weight is 317 g/mol. The maximum atomic E-state index is 12.8. The van der Waals surface area contributed by atoms with Crippen LogP contribution in [0.4, 0.5) is 10.6 Å². The summed E-state index contributed by atoms with van der Waals surface area (Å²) >= 11 is 0. The molecule has 0 spiro atoms. The molecule has 1 saturated carbocycles. The summed E-state index contributed by atoms with van der Waals surface area (Å²) in [5.41, 5.74) is 0.826. The molecule has 2 aliphatic heterocycles. The van der Waals surface area contributed by atoms with Crippen LogP contribution in [0.15, 0.2) is 6.07 Å². The van der Waals surface area contributed by atoms with Crippen LogP contribution in [0.2, 0.25) is 0 Å². The standard InChI is InChI=1S/C15H19N5O3/c1-9-7-12(17(2)16-9)18-6-5-11(14(18)22)20-13(21)8-19(15(20)23)10-3-4-10/h7,10-11H,3-6,8H2,1-2H3. The number of amides is 4. The summed E-state index contributed by atoms with van der Waals surface area (Å²) in [6.45, 7) is 2.46. The Hall–Kier alpha value is -2.38. The van der Waals surface area contributed by atoms with Gasteiger partial charge in [0.25, 0.3) is 11.8 Å². The lowest BCUT2D eigenvalue weighted by molar-refractivity contribution is -0.132. The summed E-state index contributed by atoms with van der Waals surface area (Å²) in [5, 5.41) is 4.25. The van der Waals surface area contributed by atoms with Crippen LogP contribution < -0.4 is 4.90 Å². The van der Waals surface area contributed by atoms with Gasteiger partial charge in [-0.25, -0.2) is 9.69 Å². The fourth-order valence-corrected chi connectivity index (χ4v) is 3.49. The second-order valence-corrected chi connectivity index (χ2v) is 6.47. The molecule has 0 N–H and O–H groups in total. The van der Waals surface area contributed by atoms with E-state index in [1.54, 1.807) is 21.5 Å². The zero-order chi connectivity index (χ0) is 16.3. The molecule has 0 radical (unpaired) electrons. The minimum atomic E-state index is -0.686. The van der Waals surface area contributed by atoms with E-state index in [0.717, 1.165) is 18.5 Å². The highest BCUT2D eigenvalue weighted by Gasteiger charge is 2.50. The summed E-state index contributed by atoms with van der Waals surface area (Å²) in [7, 11) is 1.78. The highest BCUT2D eigenvalue weighted by molar-refractivity contribution is 6.09. The lowest BCUT2D eigenvalue weighted by Gasteiger charge is -2.22. The van der Waals surface area contributed by atoms with Gasteiger partial charge in [0.05, 0.1) is 5.69 Å². The zero-order valence-corrected chi connectivity index (χ0v) is 13.2. The summed E-state index contributed by atoms with van der Waals surface area (Å²) in [6, 6.07) is 1.03. The Bertz CT molecular complexity index is 708. The molecule has 8 nitrogen and oxygen atoms in total. The van der Waals surface area contributed by atoms with E-state index in [0.29, 0.717) is 18.8 Å². The Kier molecular flexibility index (Phi) is 2.97. The third kappa shape index (κ3) is 2.12. The molecule has 8 heteroatoms. The van der Waals surface area contributed by atoms with Crippen molar-refractivity contribution in [2.45, 2.75) is 38.3 Å². The summed E-state index contributed by atoms with van der Waals surface area (Å²) in [4.78, 5) is 41.9. The van der Waals surface area contributed by atoms with Gasteiger partial charge in [-0.2, -0.15) is 5.10 Å². The second-order valence-electron chi connectivity index (χ2n) is 6.47. The van der Waals surface area contributed by atoms with Crippen LogP contribution >= 0.6 is 0 Å². The van der Waals surface area contributed by atoms with Gasteiger partial charge in [0.15, 0.2) is 0 Å². The number of carbonyl (C=O) groups excluding carboxylic acids is 3. The van der Waals surface area contributed by atoms with Crippen molar-refractivity contribution in [3.8, 4) is 0 Å². The van der Waals surface area contributed by atoms with Crippen molar-refractivity contribution in [3.63, 3.8) is 0 Å². The molecule has 23 heavy (non-hydrogen) atoms. The van der Waals surface area contributed by atoms with E-state index >= 15 is 0 Å². The molecule has 1 atom stereocenters. The van der Waals surface area contributed by atoms with Gasteiger partial charge < -0.3 is 4.90 Å². The van der Waals surface area contributed by atoms with E-state index in [1.165, 1.54) is 4.90 Å². The van der Waals surface area contributed by atoms with E-state index in [9.17, 15) is 14.4 Å². The number of carbonyl (C=O) groups is 3. The minimum Gasteiger partial charge on any atom is -0.312 e.